The maximum Gasteiger partial charge on any atom is 0.237 e. The van der Waals surface area contributed by atoms with Gasteiger partial charge in [0.1, 0.15) is 0 Å². The first-order valence-corrected chi connectivity index (χ1v) is 5.12. The van der Waals surface area contributed by atoms with Crippen LogP contribution in [-0.2, 0) is 4.79 Å². The Balaban J connectivity index is 2.26. The van der Waals surface area contributed by atoms with Gasteiger partial charge >= 0.3 is 0 Å². The van der Waals surface area contributed by atoms with Gasteiger partial charge in [0.15, 0.2) is 0 Å². The Morgan fingerprint density at radius 2 is 2.23 bits per heavy atom. The molecule has 1 aliphatic rings. The highest BCUT2D eigenvalue weighted by Gasteiger charge is 2.37. The zero-order chi connectivity index (χ0) is 10.0. The number of nitrogens with two attached hydrogens (primary N) is 1. The molecule has 0 saturated heterocycles. The number of rotatable bonds is 4. The third-order valence-corrected chi connectivity index (χ3v) is 2.80. The first kappa shape index (κ1) is 10.5. The average molecular weight is 184 g/mol. The van der Waals surface area contributed by atoms with Crippen molar-refractivity contribution in [2.75, 3.05) is 0 Å². The molecular weight excluding hydrogens is 164 g/mol. The molecule has 0 heterocycles. The second kappa shape index (κ2) is 4.09. The fraction of sp³-hybridized carbons (Fsp3) is 0.900. The molecule has 0 bridgehead atoms. The van der Waals surface area contributed by atoms with Crippen LogP contribution in [0.15, 0.2) is 0 Å². The van der Waals surface area contributed by atoms with E-state index in [1.54, 1.807) is 0 Å². The van der Waals surface area contributed by atoms with Crippen LogP contribution >= 0.6 is 0 Å². The molecule has 3 N–H and O–H groups in total. The van der Waals surface area contributed by atoms with Crippen LogP contribution in [0.3, 0.4) is 0 Å². The second-order valence-corrected chi connectivity index (χ2v) is 4.29. The highest BCUT2D eigenvalue weighted by atomic mass is 16.2. The minimum Gasteiger partial charge on any atom is -0.352 e. The summed E-state index contributed by atoms with van der Waals surface area (Å²) >= 11 is 0. The van der Waals surface area contributed by atoms with Crippen LogP contribution in [0.4, 0.5) is 0 Å². The van der Waals surface area contributed by atoms with Crippen LogP contribution in [-0.4, -0.2) is 18.0 Å². The van der Waals surface area contributed by atoms with Gasteiger partial charge in [-0.2, -0.15) is 0 Å². The molecular formula is C10H20N2O. The van der Waals surface area contributed by atoms with Crippen molar-refractivity contribution in [3.63, 3.8) is 0 Å². The highest BCUT2D eigenvalue weighted by molar-refractivity contribution is 5.82. The maximum absolute atomic E-state index is 11.5. The molecule has 3 nitrogen and oxygen atoms in total. The lowest BCUT2D eigenvalue weighted by atomic mass is 10.1. The largest absolute Gasteiger partial charge is 0.352 e. The molecule has 1 rings (SSSR count). The van der Waals surface area contributed by atoms with Crippen LogP contribution < -0.4 is 11.1 Å². The predicted molar refractivity (Wildman–Crippen MR) is 53.1 cm³/mol. The van der Waals surface area contributed by atoms with Crippen molar-refractivity contribution in [3.05, 3.63) is 0 Å². The van der Waals surface area contributed by atoms with Gasteiger partial charge in [0.2, 0.25) is 5.91 Å². The Morgan fingerprint density at radius 3 is 2.62 bits per heavy atom. The molecule has 3 atom stereocenters. The van der Waals surface area contributed by atoms with Crippen molar-refractivity contribution in [2.24, 2.45) is 17.6 Å². The number of carbonyl (C=O) groups excluding carboxylic acids is 1. The first-order valence-electron chi connectivity index (χ1n) is 5.12. The van der Waals surface area contributed by atoms with E-state index < -0.39 is 0 Å². The minimum absolute atomic E-state index is 0.0101. The van der Waals surface area contributed by atoms with E-state index in [-0.39, 0.29) is 17.9 Å². The lowest BCUT2D eigenvalue weighted by Crippen LogP contribution is -2.45. The van der Waals surface area contributed by atoms with Crippen LogP contribution in [0.1, 0.15) is 33.6 Å². The number of hydrogen-bond donors (Lipinski definition) is 2. The molecule has 0 aromatic heterocycles. The third-order valence-electron chi connectivity index (χ3n) is 2.80. The number of nitrogens with one attached hydrogen (secondary N) is 1. The minimum atomic E-state index is -0.349. The van der Waals surface area contributed by atoms with Gasteiger partial charge in [-0.3, -0.25) is 4.79 Å². The quantitative estimate of drug-likeness (QED) is 0.681. The summed E-state index contributed by atoms with van der Waals surface area (Å²) in [6, 6.07) is 0.0559. The van der Waals surface area contributed by atoms with Crippen LogP contribution in [0, 0.1) is 11.8 Å². The summed E-state index contributed by atoms with van der Waals surface area (Å²) in [6.45, 7) is 6.09. The molecule has 0 spiro atoms. The van der Waals surface area contributed by atoms with Crippen LogP contribution in [0.2, 0.25) is 0 Å². The van der Waals surface area contributed by atoms with Crippen LogP contribution in [0.5, 0.6) is 0 Å². The summed E-state index contributed by atoms with van der Waals surface area (Å²) in [5.41, 5.74) is 5.71. The second-order valence-electron chi connectivity index (χ2n) is 4.29. The first-order chi connectivity index (χ1) is 6.06. The van der Waals surface area contributed by atoms with E-state index in [9.17, 15) is 4.79 Å². The Bertz CT molecular complexity index is 191. The van der Waals surface area contributed by atoms with E-state index in [4.69, 9.17) is 5.73 Å². The van der Waals surface area contributed by atoms with Crippen molar-refractivity contribution in [1.82, 2.24) is 5.32 Å². The lowest BCUT2D eigenvalue weighted by molar-refractivity contribution is -0.123. The summed E-state index contributed by atoms with van der Waals surface area (Å²) in [5.74, 6) is 0.929. The van der Waals surface area contributed by atoms with Gasteiger partial charge in [0.05, 0.1) is 6.04 Å². The normalized spacial score (nSPS) is 28.7. The summed E-state index contributed by atoms with van der Waals surface area (Å²) in [6.07, 6.45) is 2.29. The van der Waals surface area contributed by atoms with E-state index in [1.165, 1.54) is 0 Å². The van der Waals surface area contributed by atoms with E-state index in [1.807, 2.05) is 13.8 Å². The Morgan fingerprint density at radius 1 is 1.62 bits per heavy atom. The Kier molecular flexibility index (Phi) is 3.31. The fourth-order valence-corrected chi connectivity index (χ4v) is 1.46. The Hall–Kier alpha value is -0.570. The van der Waals surface area contributed by atoms with Gasteiger partial charge in [-0.05, 0) is 18.3 Å². The van der Waals surface area contributed by atoms with Crippen molar-refractivity contribution >= 4 is 5.91 Å². The zero-order valence-corrected chi connectivity index (χ0v) is 8.71. The third kappa shape index (κ3) is 2.69. The molecule has 0 aromatic rings. The van der Waals surface area contributed by atoms with Crippen molar-refractivity contribution in [2.45, 2.75) is 45.7 Å². The number of carbonyl (C=O) groups is 1. The standard InChI is InChI=1S/C10H20N2O/c1-4-7-5-8(7)12-10(13)9(11)6(2)3/h6-9H,4-5,11H2,1-3H3,(H,12,13). The van der Waals surface area contributed by atoms with Gasteiger partial charge < -0.3 is 11.1 Å². The molecule has 3 unspecified atom stereocenters. The Labute approximate surface area is 80.1 Å². The SMILES string of the molecule is CCC1CC1NC(=O)C(N)C(C)C. The summed E-state index contributed by atoms with van der Waals surface area (Å²) in [7, 11) is 0. The summed E-state index contributed by atoms with van der Waals surface area (Å²) in [4.78, 5) is 11.5. The van der Waals surface area contributed by atoms with Crippen molar-refractivity contribution < 1.29 is 4.79 Å². The molecule has 1 saturated carbocycles. The monoisotopic (exact) mass is 184 g/mol. The van der Waals surface area contributed by atoms with E-state index in [2.05, 4.69) is 12.2 Å². The lowest BCUT2D eigenvalue weighted by Gasteiger charge is -2.15. The number of amides is 1. The maximum atomic E-state index is 11.5. The number of hydrogen-bond acceptors (Lipinski definition) is 2. The molecule has 1 aliphatic carbocycles. The summed E-state index contributed by atoms with van der Waals surface area (Å²) in [5, 5.41) is 2.97. The van der Waals surface area contributed by atoms with E-state index in [0.717, 1.165) is 12.8 Å². The molecule has 0 radical (unpaired) electrons. The zero-order valence-electron chi connectivity index (χ0n) is 8.71. The van der Waals surface area contributed by atoms with Gasteiger partial charge in [-0.15, -0.1) is 0 Å². The highest BCUT2D eigenvalue weighted by Crippen LogP contribution is 2.33. The molecule has 76 valence electrons. The smallest absolute Gasteiger partial charge is 0.237 e. The van der Waals surface area contributed by atoms with Gasteiger partial charge in [-0.25, -0.2) is 0 Å². The topological polar surface area (TPSA) is 55.1 Å². The molecule has 0 aromatic carbocycles. The van der Waals surface area contributed by atoms with E-state index >= 15 is 0 Å². The molecule has 0 aliphatic heterocycles. The fourth-order valence-electron chi connectivity index (χ4n) is 1.46. The summed E-state index contributed by atoms with van der Waals surface area (Å²) < 4.78 is 0. The molecule has 3 heteroatoms. The van der Waals surface area contributed by atoms with Gasteiger partial charge in [-0.1, -0.05) is 27.2 Å². The van der Waals surface area contributed by atoms with Gasteiger partial charge in [0.25, 0.3) is 0 Å². The predicted octanol–water partition coefficient (Wildman–Crippen LogP) is 0.884. The molecule has 1 fully saturated rings. The molecule has 1 amide bonds. The van der Waals surface area contributed by atoms with E-state index in [0.29, 0.717) is 12.0 Å². The average Bonchev–Trinajstić information content (AvgIpc) is 2.81. The van der Waals surface area contributed by atoms with Crippen molar-refractivity contribution in [1.29, 1.82) is 0 Å². The van der Waals surface area contributed by atoms with Gasteiger partial charge in [0, 0.05) is 6.04 Å². The van der Waals surface area contributed by atoms with Crippen LogP contribution in [0.25, 0.3) is 0 Å². The molecule has 13 heavy (non-hydrogen) atoms. The van der Waals surface area contributed by atoms with Crippen molar-refractivity contribution in [3.8, 4) is 0 Å².